The van der Waals surface area contributed by atoms with Crippen LogP contribution >= 0.6 is 11.8 Å². The summed E-state index contributed by atoms with van der Waals surface area (Å²) >= 11 is 1.36. The molecule has 0 radical (unpaired) electrons. The van der Waals surface area contributed by atoms with Gasteiger partial charge >= 0.3 is 5.97 Å². The number of anilines is 2. The van der Waals surface area contributed by atoms with Gasteiger partial charge in [-0.15, -0.1) is 11.8 Å². The molecule has 2 N–H and O–H groups in total. The molecule has 1 atom stereocenters. The van der Waals surface area contributed by atoms with E-state index >= 15 is 0 Å². The van der Waals surface area contributed by atoms with Gasteiger partial charge in [0.15, 0.2) is 6.61 Å². The van der Waals surface area contributed by atoms with Crippen LogP contribution in [0.25, 0.3) is 0 Å². The number of amides is 2. The van der Waals surface area contributed by atoms with Gasteiger partial charge in [0.2, 0.25) is 5.91 Å². The standard InChI is InChI=1S/C25H24N2O5S/c1-17(24(29)27-22-11-7-6-10-21(22)25(30)31-2)33-20-14-12-18(13-15-20)26-23(28)16-32-19-8-4-3-5-9-19/h3-15,17H,16H2,1-2H3,(H,26,28)(H,27,29). The van der Waals surface area contributed by atoms with Crippen LogP contribution in [0.2, 0.25) is 0 Å². The average Bonchev–Trinajstić information content (AvgIpc) is 2.84. The van der Waals surface area contributed by atoms with E-state index in [2.05, 4.69) is 10.6 Å². The van der Waals surface area contributed by atoms with E-state index in [0.717, 1.165) is 4.90 Å². The zero-order valence-electron chi connectivity index (χ0n) is 18.2. The number of esters is 1. The quantitative estimate of drug-likeness (QED) is 0.355. The molecule has 0 aliphatic rings. The van der Waals surface area contributed by atoms with Crippen LogP contribution in [0.5, 0.6) is 5.75 Å². The summed E-state index contributed by atoms with van der Waals surface area (Å²) in [6, 6.07) is 23.0. The molecule has 7 nitrogen and oxygen atoms in total. The fourth-order valence-corrected chi connectivity index (χ4v) is 3.72. The number of hydrogen-bond acceptors (Lipinski definition) is 6. The lowest BCUT2D eigenvalue weighted by Crippen LogP contribution is -2.23. The molecule has 1 unspecified atom stereocenters. The Hall–Kier alpha value is -3.78. The Morgan fingerprint density at radius 2 is 1.55 bits per heavy atom. The number of methoxy groups -OCH3 is 1. The number of carbonyl (C=O) groups excluding carboxylic acids is 3. The van der Waals surface area contributed by atoms with Crippen LogP contribution in [0.4, 0.5) is 11.4 Å². The van der Waals surface area contributed by atoms with E-state index in [1.54, 1.807) is 55.5 Å². The molecule has 0 saturated heterocycles. The van der Waals surface area contributed by atoms with Crippen molar-refractivity contribution in [2.24, 2.45) is 0 Å². The summed E-state index contributed by atoms with van der Waals surface area (Å²) in [5, 5.41) is 5.13. The van der Waals surface area contributed by atoms with Crippen LogP contribution in [-0.2, 0) is 14.3 Å². The number of nitrogens with one attached hydrogen (secondary N) is 2. The molecule has 3 aromatic rings. The molecule has 0 bridgehead atoms. The van der Waals surface area contributed by atoms with E-state index in [0.29, 0.717) is 22.7 Å². The molecule has 8 heteroatoms. The summed E-state index contributed by atoms with van der Waals surface area (Å²) in [6.45, 7) is 1.68. The third kappa shape index (κ3) is 7.11. The van der Waals surface area contributed by atoms with Gasteiger partial charge in [0.1, 0.15) is 5.75 Å². The Balaban J connectivity index is 1.51. The van der Waals surface area contributed by atoms with Crippen molar-refractivity contribution in [2.75, 3.05) is 24.4 Å². The minimum absolute atomic E-state index is 0.0925. The monoisotopic (exact) mass is 464 g/mol. The number of hydrogen-bond donors (Lipinski definition) is 2. The highest BCUT2D eigenvalue weighted by atomic mass is 32.2. The van der Waals surface area contributed by atoms with Crippen molar-refractivity contribution in [1.82, 2.24) is 0 Å². The molecule has 3 rings (SSSR count). The maximum atomic E-state index is 12.6. The lowest BCUT2D eigenvalue weighted by Gasteiger charge is -2.14. The Morgan fingerprint density at radius 3 is 2.24 bits per heavy atom. The van der Waals surface area contributed by atoms with Gasteiger partial charge in [-0.2, -0.15) is 0 Å². The van der Waals surface area contributed by atoms with Crippen LogP contribution < -0.4 is 15.4 Å². The maximum Gasteiger partial charge on any atom is 0.339 e. The van der Waals surface area contributed by atoms with E-state index in [1.165, 1.54) is 18.9 Å². The average molecular weight is 465 g/mol. The van der Waals surface area contributed by atoms with E-state index in [9.17, 15) is 14.4 Å². The first-order valence-electron chi connectivity index (χ1n) is 10.2. The Bertz CT molecular complexity index is 1100. The number of para-hydroxylation sites is 2. The lowest BCUT2D eigenvalue weighted by molar-refractivity contribution is -0.118. The first-order chi connectivity index (χ1) is 16.0. The first kappa shape index (κ1) is 23.9. The third-order valence-electron chi connectivity index (χ3n) is 4.52. The molecule has 33 heavy (non-hydrogen) atoms. The van der Waals surface area contributed by atoms with Crippen molar-refractivity contribution >= 4 is 40.9 Å². The van der Waals surface area contributed by atoms with Crippen LogP contribution in [0.15, 0.2) is 83.8 Å². The lowest BCUT2D eigenvalue weighted by atomic mass is 10.2. The zero-order chi connectivity index (χ0) is 23.6. The molecule has 0 spiro atoms. The van der Waals surface area contributed by atoms with Crippen LogP contribution in [-0.4, -0.2) is 36.8 Å². The molecule has 3 aromatic carbocycles. The molecule has 2 amide bonds. The van der Waals surface area contributed by atoms with Crippen molar-refractivity contribution in [3.8, 4) is 5.75 Å². The number of thioether (sulfide) groups is 1. The largest absolute Gasteiger partial charge is 0.484 e. The van der Waals surface area contributed by atoms with Crippen LogP contribution in [0.1, 0.15) is 17.3 Å². The van der Waals surface area contributed by atoms with Crippen molar-refractivity contribution in [3.63, 3.8) is 0 Å². The molecule has 0 heterocycles. The molecular weight excluding hydrogens is 440 g/mol. The van der Waals surface area contributed by atoms with Crippen molar-refractivity contribution < 1.29 is 23.9 Å². The van der Waals surface area contributed by atoms with E-state index in [1.807, 2.05) is 30.3 Å². The van der Waals surface area contributed by atoms with Gasteiger partial charge in [-0.25, -0.2) is 4.79 Å². The topological polar surface area (TPSA) is 93.7 Å². The van der Waals surface area contributed by atoms with Crippen LogP contribution in [0, 0.1) is 0 Å². The Morgan fingerprint density at radius 1 is 0.879 bits per heavy atom. The van der Waals surface area contributed by atoms with Crippen molar-refractivity contribution in [3.05, 3.63) is 84.4 Å². The molecular formula is C25H24N2O5S. The zero-order valence-corrected chi connectivity index (χ0v) is 19.1. The van der Waals surface area contributed by atoms with Gasteiger partial charge in [-0.05, 0) is 55.5 Å². The third-order valence-corrected chi connectivity index (χ3v) is 5.64. The minimum Gasteiger partial charge on any atom is -0.484 e. The number of carbonyl (C=O) groups is 3. The summed E-state index contributed by atoms with van der Waals surface area (Å²) in [6.07, 6.45) is 0. The summed E-state index contributed by atoms with van der Waals surface area (Å²) in [7, 11) is 1.29. The second-order valence-electron chi connectivity index (χ2n) is 6.96. The van der Waals surface area contributed by atoms with Gasteiger partial charge < -0.3 is 20.1 Å². The van der Waals surface area contributed by atoms with Gasteiger partial charge in [0, 0.05) is 10.6 Å². The molecule has 170 valence electrons. The second kappa shape index (κ2) is 11.7. The van der Waals surface area contributed by atoms with E-state index in [-0.39, 0.29) is 18.4 Å². The normalized spacial score (nSPS) is 11.2. The van der Waals surface area contributed by atoms with Gasteiger partial charge in [-0.3, -0.25) is 9.59 Å². The maximum absolute atomic E-state index is 12.6. The number of ether oxygens (including phenoxy) is 2. The molecule has 0 aromatic heterocycles. The predicted molar refractivity (Wildman–Crippen MR) is 129 cm³/mol. The Labute approximate surface area is 196 Å². The number of benzene rings is 3. The van der Waals surface area contributed by atoms with Crippen molar-refractivity contribution in [2.45, 2.75) is 17.1 Å². The van der Waals surface area contributed by atoms with Crippen molar-refractivity contribution in [1.29, 1.82) is 0 Å². The summed E-state index contributed by atoms with van der Waals surface area (Å²) in [5.74, 6) is -0.401. The highest BCUT2D eigenvalue weighted by Crippen LogP contribution is 2.26. The van der Waals surface area contributed by atoms with Gasteiger partial charge in [0.25, 0.3) is 5.91 Å². The molecule has 0 saturated carbocycles. The summed E-state index contributed by atoms with van der Waals surface area (Å²) in [5.41, 5.74) is 1.32. The molecule has 0 aliphatic heterocycles. The molecule has 0 aliphatic carbocycles. The predicted octanol–water partition coefficient (Wildman–Crippen LogP) is 4.61. The van der Waals surface area contributed by atoms with Gasteiger partial charge in [-0.1, -0.05) is 30.3 Å². The highest BCUT2D eigenvalue weighted by Gasteiger charge is 2.18. The fourth-order valence-electron chi connectivity index (χ4n) is 2.85. The van der Waals surface area contributed by atoms with Gasteiger partial charge in [0.05, 0.1) is 23.6 Å². The second-order valence-corrected chi connectivity index (χ2v) is 8.37. The van der Waals surface area contributed by atoms with Crippen LogP contribution in [0.3, 0.4) is 0 Å². The van der Waals surface area contributed by atoms with E-state index < -0.39 is 11.2 Å². The minimum atomic E-state index is -0.516. The number of rotatable bonds is 9. The first-order valence-corrected chi connectivity index (χ1v) is 11.1. The summed E-state index contributed by atoms with van der Waals surface area (Å²) < 4.78 is 10.2. The molecule has 0 fully saturated rings. The SMILES string of the molecule is COC(=O)c1ccccc1NC(=O)C(C)Sc1ccc(NC(=O)COc2ccccc2)cc1. The summed E-state index contributed by atoms with van der Waals surface area (Å²) in [4.78, 5) is 37.4. The fraction of sp³-hybridized carbons (Fsp3) is 0.160. The smallest absolute Gasteiger partial charge is 0.339 e. The highest BCUT2D eigenvalue weighted by molar-refractivity contribution is 8.00. The van der Waals surface area contributed by atoms with E-state index in [4.69, 9.17) is 9.47 Å². The Kier molecular flexibility index (Phi) is 8.49.